The number of benzene rings is 1. The number of rotatable bonds is 0. The van der Waals surface area contributed by atoms with E-state index in [-0.39, 0.29) is 5.91 Å². The fraction of sp³-hybridized carbons (Fsp3) is 0.200. The van der Waals surface area contributed by atoms with E-state index < -0.39 is 0 Å². The molecule has 1 aliphatic rings. The van der Waals surface area contributed by atoms with Crippen LogP contribution in [0, 0.1) is 13.8 Å². The fourth-order valence-electron chi connectivity index (χ4n) is 1.32. The van der Waals surface area contributed by atoms with Crippen LogP contribution in [-0.2, 0) is 4.79 Å². The first-order valence-electron chi connectivity index (χ1n) is 3.88. The van der Waals surface area contributed by atoms with Crippen molar-refractivity contribution in [3.05, 3.63) is 33.8 Å². The van der Waals surface area contributed by atoms with Gasteiger partial charge in [-0.3, -0.25) is 4.79 Å². The average molecular weight is 159 g/mol. The van der Waals surface area contributed by atoms with Crippen LogP contribution < -0.4 is 10.6 Å². The minimum atomic E-state index is -0.144. The van der Waals surface area contributed by atoms with Crippen LogP contribution in [0.4, 0.5) is 0 Å². The van der Waals surface area contributed by atoms with Crippen LogP contribution in [-0.4, -0.2) is 5.91 Å². The Morgan fingerprint density at radius 2 is 1.83 bits per heavy atom. The molecule has 1 aromatic carbocycles. The van der Waals surface area contributed by atoms with Crippen molar-refractivity contribution in [3.63, 3.8) is 0 Å². The van der Waals surface area contributed by atoms with E-state index in [1.165, 1.54) is 11.1 Å². The third-order valence-corrected chi connectivity index (χ3v) is 2.15. The molecule has 0 radical (unpaired) electrons. The Morgan fingerprint density at radius 3 is 2.58 bits per heavy atom. The number of hydrogen-bond acceptors (Lipinski definition) is 1. The Kier molecular flexibility index (Phi) is 1.37. The van der Waals surface area contributed by atoms with Gasteiger partial charge in [-0.2, -0.15) is 0 Å². The summed E-state index contributed by atoms with van der Waals surface area (Å²) in [5.74, 6) is -0.144. The Bertz CT molecular complexity index is 428. The molecule has 0 spiro atoms. The van der Waals surface area contributed by atoms with E-state index in [0.29, 0.717) is 0 Å². The summed E-state index contributed by atoms with van der Waals surface area (Å²) in [4.78, 5) is 14.8. The van der Waals surface area contributed by atoms with Crippen LogP contribution in [0.5, 0.6) is 0 Å². The van der Waals surface area contributed by atoms with Crippen LogP contribution in [0.1, 0.15) is 11.1 Å². The molecule has 0 atom stereocenters. The summed E-state index contributed by atoms with van der Waals surface area (Å²) < 4.78 is 0. The maximum Gasteiger partial charge on any atom is 0.270 e. The molecule has 2 rings (SSSR count). The molecule has 1 aromatic rings. The van der Waals surface area contributed by atoms with Gasteiger partial charge in [0.05, 0.1) is 5.36 Å². The van der Waals surface area contributed by atoms with E-state index in [4.69, 9.17) is 0 Å². The largest absolute Gasteiger partial charge is 0.270 e. The first-order valence-corrected chi connectivity index (χ1v) is 3.88. The van der Waals surface area contributed by atoms with Crippen LogP contribution in [0.15, 0.2) is 17.1 Å². The van der Waals surface area contributed by atoms with Gasteiger partial charge in [0, 0.05) is 11.3 Å². The van der Waals surface area contributed by atoms with Crippen molar-refractivity contribution in [2.75, 3.05) is 0 Å². The average Bonchev–Trinajstić information content (AvgIpc) is 2.30. The van der Waals surface area contributed by atoms with Gasteiger partial charge in [0.1, 0.15) is 0 Å². The zero-order valence-electron chi connectivity index (χ0n) is 7.09. The van der Waals surface area contributed by atoms with Gasteiger partial charge in [0.25, 0.3) is 5.91 Å². The van der Waals surface area contributed by atoms with Crippen molar-refractivity contribution in [3.8, 4) is 0 Å². The molecule has 0 saturated heterocycles. The molecule has 0 unspecified atom stereocenters. The topological polar surface area (TPSA) is 29.4 Å². The summed E-state index contributed by atoms with van der Waals surface area (Å²) in [6, 6.07) is 3.95. The van der Waals surface area contributed by atoms with Crippen molar-refractivity contribution in [1.82, 2.24) is 0 Å². The number of carbonyl (C=O) groups is 1. The molecular formula is C10H9NO. The number of hydrogen-bond donors (Lipinski definition) is 0. The lowest BCUT2D eigenvalue weighted by molar-refractivity contribution is -0.112. The van der Waals surface area contributed by atoms with Crippen LogP contribution in [0.2, 0.25) is 0 Å². The smallest absolute Gasteiger partial charge is 0.267 e. The number of fused-ring (bicyclic) bond motifs is 1. The van der Waals surface area contributed by atoms with E-state index >= 15 is 0 Å². The number of carbonyl (C=O) groups excluding carboxylic acids is 1. The lowest BCUT2D eigenvalue weighted by Crippen LogP contribution is -2.22. The summed E-state index contributed by atoms with van der Waals surface area (Å²) in [6.45, 7) is 4.06. The van der Waals surface area contributed by atoms with Crippen molar-refractivity contribution in [2.24, 2.45) is 4.99 Å². The summed E-state index contributed by atoms with van der Waals surface area (Å²) in [5, 5.41) is 1.76. The fourth-order valence-corrected chi connectivity index (χ4v) is 1.32. The molecule has 0 aliphatic carbocycles. The van der Waals surface area contributed by atoms with E-state index in [0.717, 1.165) is 10.6 Å². The highest BCUT2D eigenvalue weighted by Crippen LogP contribution is 1.99. The van der Waals surface area contributed by atoms with Gasteiger partial charge in [0.15, 0.2) is 0 Å². The molecule has 12 heavy (non-hydrogen) atoms. The predicted octanol–water partition coefficient (Wildman–Crippen LogP) is 0.244. The van der Waals surface area contributed by atoms with Crippen molar-refractivity contribution in [2.45, 2.75) is 13.8 Å². The summed E-state index contributed by atoms with van der Waals surface area (Å²) in [5.41, 5.74) is 2.38. The summed E-state index contributed by atoms with van der Waals surface area (Å²) >= 11 is 0. The number of aryl methyl sites for hydroxylation is 2. The molecule has 2 nitrogen and oxygen atoms in total. The Hall–Kier alpha value is -1.44. The molecule has 0 bridgehead atoms. The molecule has 1 amide bonds. The Balaban J connectivity index is 2.89. The van der Waals surface area contributed by atoms with E-state index in [2.05, 4.69) is 4.99 Å². The standard InChI is InChI=1S/C10H9NO/c1-6-3-8-5-10(12)11-9(8)4-7(6)2/h3-5H,1-2H3. The molecule has 0 fully saturated rings. The van der Waals surface area contributed by atoms with Crippen LogP contribution in [0.3, 0.4) is 0 Å². The monoisotopic (exact) mass is 159 g/mol. The minimum Gasteiger partial charge on any atom is -0.267 e. The highest BCUT2D eigenvalue weighted by atomic mass is 16.1. The first-order chi connectivity index (χ1) is 5.66. The van der Waals surface area contributed by atoms with E-state index in [9.17, 15) is 4.79 Å². The van der Waals surface area contributed by atoms with Gasteiger partial charge in [-0.25, -0.2) is 4.99 Å². The molecule has 1 aliphatic heterocycles. The molecule has 2 heteroatoms. The molecule has 0 saturated carbocycles. The zero-order valence-corrected chi connectivity index (χ0v) is 7.09. The summed E-state index contributed by atoms with van der Waals surface area (Å²) in [6.07, 6.45) is 1.57. The number of amides is 1. The van der Waals surface area contributed by atoms with Crippen molar-refractivity contribution in [1.29, 1.82) is 0 Å². The molecule has 0 N–H and O–H groups in total. The second-order valence-corrected chi connectivity index (χ2v) is 3.09. The third kappa shape index (κ3) is 0.961. The van der Waals surface area contributed by atoms with Gasteiger partial charge in [-0.05, 0) is 37.1 Å². The zero-order chi connectivity index (χ0) is 8.72. The van der Waals surface area contributed by atoms with Gasteiger partial charge in [-0.1, -0.05) is 0 Å². The predicted molar refractivity (Wildman–Crippen MR) is 46.2 cm³/mol. The van der Waals surface area contributed by atoms with Crippen molar-refractivity contribution >= 4 is 12.0 Å². The second kappa shape index (κ2) is 2.27. The lowest BCUT2D eigenvalue weighted by atomic mass is 10.1. The van der Waals surface area contributed by atoms with Gasteiger partial charge in [0.2, 0.25) is 0 Å². The Morgan fingerprint density at radius 1 is 1.17 bits per heavy atom. The highest BCUT2D eigenvalue weighted by Gasteiger charge is 2.03. The first kappa shape index (κ1) is 7.22. The SMILES string of the molecule is Cc1cc2c(cc1C)=NC(=O)C=2. The minimum absolute atomic E-state index is 0.144. The maximum absolute atomic E-state index is 10.9. The van der Waals surface area contributed by atoms with E-state index in [1.54, 1.807) is 6.08 Å². The lowest BCUT2D eigenvalue weighted by Gasteiger charge is -1.95. The quantitative estimate of drug-likeness (QED) is 0.533. The molecule has 1 heterocycles. The molecular weight excluding hydrogens is 150 g/mol. The normalized spacial score (nSPS) is 13.7. The van der Waals surface area contributed by atoms with E-state index in [1.807, 2.05) is 26.0 Å². The Labute approximate surface area is 70.3 Å². The maximum atomic E-state index is 10.9. The van der Waals surface area contributed by atoms with Gasteiger partial charge >= 0.3 is 0 Å². The van der Waals surface area contributed by atoms with Gasteiger partial charge < -0.3 is 0 Å². The molecule has 0 aromatic heterocycles. The van der Waals surface area contributed by atoms with Crippen molar-refractivity contribution < 1.29 is 4.79 Å². The second-order valence-electron chi connectivity index (χ2n) is 3.09. The highest BCUT2D eigenvalue weighted by molar-refractivity contribution is 6.06. The van der Waals surface area contributed by atoms with Gasteiger partial charge in [-0.15, -0.1) is 0 Å². The third-order valence-electron chi connectivity index (χ3n) is 2.15. The molecule has 60 valence electrons. The summed E-state index contributed by atoms with van der Waals surface area (Å²) in [7, 11) is 0. The van der Waals surface area contributed by atoms with Crippen LogP contribution >= 0.6 is 0 Å². The van der Waals surface area contributed by atoms with Crippen LogP contribution in [0.25, 0.3) is 6.08 Å². The number of nitrogens with zero attached hydrogens (tertiary/aromatic N) is 1.